The maximum atomic E-state index is 12.0. The molecule has 0 spiro atoms. The van der Waals surface area contributed by atoms with Gasteiger partial charge in [0.25, 0.3) is 0 Å². The van der Waals surface area contributed by atoms with E-state index in [0.717, 1.165) is 27.8 Å². The van der Waals surface area contributed by atoms with E-state index in [2.05, 4.69) is 0 Å². The van der Waals surface area contributed by atoms with Crippen molar-refractivity contribution in [3.05, 3.63) is 52.6 Å². The van der Waals surface area contributed by atoms with Crippen molar-refractivity contribution in [2.45, 2.75) is 39.7 Å². The number of methoxy groups -OCH3 is 1. The molecule has 0 saturated carbocycles. The SMILES string of the molecule is COC(=O)c1ccc(-c2cc(C)c(OCC(O)CO)c(C)c2)cc1C(C)C. The van der Waals surface area contributed by atoms with Crippen molar-refractivity contribution >= 4 is 5.97 Å². The van der Waals surface area contributed by atoms with E-state index in [-0.39, 0.29) is 25.1 Å². The highest BCUT2D eigenvalue weighted by Gasteiger charge is 2.16. The second-order valence-electron chi connectivity index (χ2n) is 7.03. The molecule has 0 saturated heterocycles. The summed E-state index contributed by atoms with van der Waals surface area (Å²) in [6, 6.07) is 9.79. The van der Waals surface area contributed by atoms with Crippen molar-refractivity contribution in [2.24, 2.45) is 0 Å². The van der Waals surface area contributed by atoms with Crippen LogP contribution in [0.15, 0.2) is 30.3 Å². The largest absolute Gasteiger partial charge is 0.490 e. The van der Waals surface area contributed by atoms with Crippen LogP contribution in [0.1, 0.15) is 46.8 Å². The molecule has 1 unspecified atom stereocenters. The highest BCUT2D eigenvalue weighted by atomic mass is 16.5. The van der Waals surface area contributed by atoms with Crippen molar-refractivity contribution in [1.29, 1.82) is 0 Å². The van der Waals surface area contributed by atoms with Gasteiger partial charge in [0.2, 0.25) is 0 Å². The lowest BCUT2D eigenvalue weighted by molar-refractivity contribution is 0.0532. The van der Waals surface area contributed by atoms with Crippen LogP contribution in [0.4, 0.5) is 0 Å². The number of aryl methyl sites for hydroxylation is 2. The van der Waals surface area contributed by atoms with Gasteiger partial charge in [-0.25, -0.2) is 4.79 Å². The smallest absolute Gasteiger partial charge is 0.338 e. The zero-order valence-electron chi connectivity index (χ0n) is 16.6. The zero-order chi connectivity index (χ0) is 20.1. The first-order valence-corrected chi connectivity index (χ1v) is 9.04. The van der Waals surface area contributed by atoms with Crippen LogP contribution in [0.25, 0.3) is 11.1 Å². The summed E-state index contributed by atoms with van der Waals surface area (Å²) in [5.41, 5.74) is 5.46. The number of aliphatic hydroxyl groups excluding tert-OH is 2. The molecule has 2 rings (SSSR count). The fraction of sp³-hybridized carbons (Fsp3) is 0.409. The monoisotopic (exact) mass is 372 g/mol. The minimum Gasteiger partial charge on any atom is -0.490 e. The van der Waals surface area contributed by atoms with E-state index in [1.54, 1.807) is 0 Å². The van der Waals surface area contributed by atoms with Gasteiger partial charge in [0.15, 0.2) is 0 Å². The Morgan fingerprint density at radius 2 is 1.70 bits per heavy atom. The number of hydrogen-bond donors (Lipinski definition) is 2. The number of rotatable bonds is 7. The number of carbonyl (C=O) groups excluding carboxylic acids is 1. The van der Waals surface area contributed by atoms with E-state index in [0.29, 0.717) is 11.3 Å². The van der Waals surface area contributed by atoms with Crippen LogP contribution in [-0.2, 0) is 4.74 Å². The molecular weight excluding hydrogens is 344 g/mol. The molecule has 0 amide bonds. The fourth-order valence-electron chi connectivity index (χ4n) is 3.09. The summed E-state index contributed by atoms with van der Waals surface area (Å²) in [6.07, 6.45) is -0.900. The van der Waals surface area contributed by atoms with Crippen LogP contribution >= 0.6 is 0 Å². The van der Waals surface area contributed by atoms with Crippen LogP contribution in [0, 0.1) is 13.8 Å². The Morgan fingerprint density at radius 1 is 1.07 bits per heavy atom. The Morgan fingerprint density at radius 3 is 2.22 bits per heavy atom. The molecule has 146 valence electrons. The summed E-state index contributed by atoms with van der Waals surface area (Å²) in [5, 5.41) is 18.4. The molecule has 5 heteroatoms. The van der Waals surface area contributed by atoms with Crippen molar-refractivity contribution in [2.75, 3.05) is 20.3 Å². The average molecular weight is 372 g/mol. The predicted molar refractivity (Wildman–Crippen MR) is 105 cm³/mol. The predicted octanol–water partition coefficient (Wildman–Crippen LogP) is 3.61. The first-order chi connectivity index (χ1) is 12.8. The third-order valence-corrected chi connectivity index (χ3v) is 4.50. The molecule has 0 radical (unpaired) electrons. The van der Waals surface area contributed by atoms with Gasteiger partial charge in [0, 0.05) is 0 Å². The van der Waals surface area contributed by atoms with E-state index in [1.807, 2.05) is 58.0 Å². The highest BCUT2D eigenvalue weighted by Crippen LogP contribution is 2.33. The summed E-state index contributed by atoms with van der Waals surface area (Å²) in [4.78, 5) is 12.0. The van der Waals surface area contributed by atoms with Crippen LogP contribution in [0.5, 0.6) is 5.75 Å². The van der Waals surface area contributed by atoms with Crippen LogP contribution in [0.3, 0.4) is 0 Å². The van der Waals surface area contributed by atoms with Gasteiger partial charge >= 0.3 is 5.97 Å². The average Bonchev–Trinajstić information content (AvgIpc) is 2.65. The first-order valence-electron chi connectivity index (χ1n) is 9.04. The van der Waals surface area contributed by atoms with Gasteiger partial charge in [0.1, 0.15) is 18.5 Å². The molecule has 2 aromatic carbocycles. The van der Waals surface area contributed by atoms with Crippen molar-refractivity contribution in [1.82, 2.24) is 0 Å². The Bertz CT molecular complexity index is 787. The summed E-state index contributed by atoms with van der Waals surface area (Å²) in [7, 11) is 1.39. The molecule has 0 aromatic heterocycles. The maximum absolute atomic E-state index is 12.0. The van der Waals surface area contributed by atoms with E-state index < -0.39 is 6.10 Å². The number of esters is 1. The van der Waals surface area contributed by atoms with Crippen molar-refractivity contribution < 1.29 is 24.5 Å². The van der Waals surface area contributed by atoms with Crippen LogP contribution in [-0.4, -0.2) is 42.6 Å². The normalized spacial score (nSPS) is 12.1. The minimum absolute atomic E-state index is 0.0445. The quantitative estimate of drug-likeness (QED) is 0.726. The number of aliphatic hydroxyl groups is 2. The molecule has 5 nitrogen and oxygen atoms in total. The third-order valence-electron chi connectivity index (χ3n) is 4.50. The van der Waals surface area contributed by atoms with E-state index in [9.17, 15) is 9.90 Å². The minimum atomic E-state index is -0.900. The molecule has 0 heterocycles. The summed E-state index contributed by atoms with van der Waals surface area (Å²) in [6.45, 7) is 7.70. The summed E-state index contributed by atoms with van der Waals surface area (Å²) >= 11 is 0. The van der Waals surface area contributed by atoms with E-state index in [1.165, 1.54) is 7.11 Å². The second-order valence-corrected chi connectivity index (χ2v) is 7.03. The lowest BCUT2D eigenvalue weighted by Gasteiger charge is -2.17. The second kappa shape index (κ2) is 9.02. The molecule has 2 aromatic rings. The third kappa shape index (κ3) is 4.87. The highest BCUT2D eigenvalue weighted by molar-refractivity contribution is 5.92. The number of hydrogen-bond acceptors (Lipinski definition) is 5. The molecule has 2 N–H and O–H groups in total. The van der Waals surface area contributed by atoms with Gasteiger partial charge in [-0.2, -0.15) is 0 Å². The lowest BCUT2D eigenvalue weighted by Crippen LogP contribution is -2.21. The van der Waals surface area contributed by atoms with Gasteiger partial charge in [-0.3, -0.25) is 0 Å². The molecule has 1 atom stereocenters. The van der Waals surface area contributed by atoms with Gasteiger partial charge in [-0.15, -0.1) is 0 Å². The topological polar surface area (TPSA) is 76.0 Å². The molecule has 0 bridgehead atoms. The van der Waals surface area contributed by atoms with Crippen LogP contribution < -0.4 is 4.74 Å². The number of carbonyl (C=O) groups is 1. The van der Waals surface area contributed by atoms with Crippen LogP contribution in [0.2, 0.25) is 0 Å². The molecule has 0 aliphatic carbocycles. The Labute approximate surface area is 160 Å². The summed E-state index contributed by atoms with van der Waals surface area (Å²) in [5.74, 6) is 0.564. The van der Waals surface area contributed by atoms with Crippen molar-refractivity contribution in [3.63, 3.8) is 0 Å². The fourth-order valence-corrected chi connectivity index (χ4v) is 3.09. The van der Waals surface area contributed by atoms with Gasteiger partial charge in [0.05, 0.1) is 19.3 Å². The van der Waals surface area contributed by atoms with Crippen molar-refractivity contribution in [3.8, 4) is 16.9 Å². The van der Waals surface area contributed by atoms with E-state index in [4.69, 9.17) is 14.6 Å². The maximum Gasteiger partial charge on any atom is 0.338 e. The standard InChI is InChI=1S/C22H28O5/c1-13(2)20-10-16(6-7-19(20)22(25)26-5)17-8-14(3)21(15(4)9-17)27-12-18(24)11-23/h6-10,13,18,23-24H,11-12H2,1-5H3. The Kier molecular flexibility index (Phi) is 6.99. The van der Waals surface area contributed by atoms with Gasteiger partial charge in [-0.1, -0.05) is 26.0 Å². The molecule has 0 aliphatic heterocycles. The van der Waals surface area contributed by atoms with E-state index >= 15 is 0 Å². The molecule has 0 fully saturated rings. The first kappa shape index (κ1) is 20.9. The summed E-state index contributed by atoms with van der Waals surface area (Å²) < 4.78 is 10.6. The zero-order valence-corrected chi connectivity index (χ0v) is 16.6. The lowest BCUT2D eigenvalue weighted by atomic mass is 9.91. The molecular formula is C22H28O5. The molecule has 27 heavy (non-hydrogen) atoms. The molecule has 0 aliphatic rings. The van der Waals surface area contributed by atoms with Gasteiger partial charge < -0.3 is 19.7 Å². The number of benzene rings is 2. The Balaban J connectivity index is 2.41. The van der Waals surface area contributed by atoms with Gasteiger partial charge in [-0.05, 0) is 65.8 Å². The Hall–Kier alpha value is -2.37. The number of ether oxygens (including phenoxy) is 2.